The zero-order valence-electron chi connectivity index (χ0n) is 9.91. The maximum absolute atomic E-state index is 11.1. The number of nitrogens with one attached hydrogen (secondary N) is 1. The van der Waals surface area contributed by atoms with Crippen molar-refractivity contribution in [3.8, 4) is 0 Å². The van der Waals surface area contributed by atoms with Gasteiger partial charge >= 0.3 is 0 Å². The fourth-order valence-corrected chi connectivity index (χ4v) is 1.79. The van der Waals surface area contributed by atoms with Gasteiger partial charge in [-0.15, -0.1) is 0 Å². The van der Waals surface area contributed by atoms with E-state index in [9.17, 15) is 4.79 Å². The second-order valence-electron chi connectivity index (χ2n) is 3.98. The first-order chi connectivity index (χ1) is 7.74. The summed E-state index contributed by atoms with van der Waals surface area (Å²) in [7, 11) is 0. The lowest BCUT2D eigenvalue weighted by Gasteiger charge is -2.23. The molecule has 1 heterocycles. The summed E-state index contributed by atoms with van der Waals surface area (Å²) < 4.78 is 10.9. The van der Waals surface area contributed by atoms with E-state index >= 15 is 0 Å². The first-order valence-electron chi connectivity index (χ1n) is 5.96. The van der Waals surface area contributed by atoms with Crippen LogP contribution in [-0.2, 0) is 14.3 Å². The summed E-state index contributed by atoms with van der Waals surface area (Å²) in [6.07, 6.45) is 2.81. The number of likely N-dealkylation sites (N-methyl/N-ethyl adjacent to an activating group) is 1. The van der Waals surface area contributed by atoms with Crippen LogP contribution in [0, 0.1) is 0 Å². The van der Waals surface area contributed by atoms with E-state index in [1.165, 1.54) is 0 Å². The van der Waals surface area contributed by atoms with Crippen LogP contribution in [0.15, 0.2) is 0 Å². The molecule has 0 radical (unpaired) electrons. The molecule has 0 bridgehead atoms. The van der Waals surface area contributed by atoms with Crippen molar-refractivity contribution in [2.45, 2.75) is 38.3 Å². The third-order valence-corrected chi connectivity index (χ3v) is 2.72. The number of carbonyl (C=O) groups excluding carboxylic acids is 1. The lowest BCUT2D eigenvalue weighted by atomic mass is 10.1. The predicted molar refractivity (Wildman–Crippen MR) is 61.1 cm³/mol. The third kappa shape index (κ3) is 4.92. The zero-order chi connectivity index (χ0) is 11.8. The number of primary amides is 1. The van der Waals surface area contributed by atoms with E-state index in [0.29, 0.717) is 13.0 Å². The van der Waals surface area contributed by atoms with Crippen molar-refractivity contribution in [1.82, 2.24) is 5.32 Å². The lowest BCUT2D eigenvalue weighted by Crippen LogP contribution is -2.42. The number of nitrogens with two attached hydrogens (primary N) is 1. The Morgan fingerprint density at radius 3 is 2.81 bits per heavy atom. The van der Waals surface area contributed by atoms with E-state index in [4.69, 9.17) is 15.2 Å². The van der Waals surface area contributed by atoms with Crippen molar-refractivity contribution in [2.24, 2.45) is 5.73 Å². The van der Waals surface area contributed by atoms with Gasteiger partial charge in [0.15, 0.2) is 0 Å². The minimum atomic E-state index is -0.308. The highest BCUT2D eigenvalue weighted by Crippen LogP contribution is 2.11. The highest BCUT2D eigenvalue weighted by Gasteiger charge is 2.17. The molecule has 0 aromatic rings. The zero-order valence-corrected chi connectivity index (χ0v) is 9.91. The molecule has 1 unspecified atom stereocenters. The van der Waals surface area contributed by atoms with E-state index in [0.717, 1.165) is 32.6 Å². The van der Waals surface area contributed by atoms with Crippen molar-refractivity contribution >= 4 is 5.91 Å². The number of hydrogen-bond donors (Lipinski definition) is 2. The fraction of sp³-hybridized carbons (Fsp3) is 0.909. The highest BCUT2D eigenvalue weighted by molar-refractivity contribution is 5.79. The molecule has 1 amide bonds. The molecule has 0 aliphatic carbocycles. The summed E-state index contributed by atoms with van der Waals surface area (Å²) >= 11 is 0. The Bertz CT molecular complexity index is 205. The van der Waals surface area contributed by atoms with Crippen LogP contribution >= 0.6 is 0 Å². The summed E-state index contributed by atoms with van der Waals surface area (Å²) in [5.41, 5.74) is 5.27. The second kappa shape index (κ2) is 7.60. The lowest BCUT2D eigenvalue weighted by molar-refractivity contribution is -0.120. The normalized spacial score (nSPS) is 19.6. The van der Waals surface area contributed by atoms with Crippen molar-refractivity contribution in [2.75, 3.05) is 26.4 Å². The minimum Gasteiger partial charge on any atom is -0.381 e. The molecule has 1 atom stereocenters. The molecule has 1 rings (SSSR count). The van der Waals surface area contributed by atoms with Gasteiger partial charge in [-0.2, -0.15) is 0 Å². The van der Waals surface area contributed by atoms with Crippen LogP contribution in [0.2, 0.25) is 0 Å². The first-order valence-corrected chi connectivity index (χ1v) is 5.96. The van der Waals surface area contributed by atoms with Gasteiger partial charge in [-0.05, 0) is 25.8 Å². The van der Waals surface area contributed by atoms with Gasteiger partial charge in [0, 0.05) is 19.8 Å². The number of carbonyl (C=O) groups is 1. The molecule has 1 aliphatic heterocycles. The summed E-state index contributed by atoms with van der Waals surface area (Å²) in [5, 5.41) is 3.04. The monoisotopic (exact) mass is 230 g/mol. The summed E-state index contributed by atoms with van der Waals surface area (Å²) in [5.74, 6) is -0.308. The van der Waals surface area contributed by atoms with Crippen LogP contribution in [-0.4, -0.2) is 44.4 Å². The molecule has 1 aliphatic rings. The molecule has 94 valence electrons. The Kier molecular flexibility index (Phi) is 6.37. The molecule has 0 spiro atoms. The highest BCUT2D eigenvalue weighted by atomic mass is 16.5. The Labute approximate surface area is 96.7 Å². The summed E-state index contributed by atoms with van der Waals surface area (Å²) in [6.45, 7) is 4.82. The van der Waals surface area contributed by atoms with Crippen LogP contribution in [0.25, 0.3) is 0 Å². The molecule has 3 N–H and O–H groups in total. The Balaban J connectivity index is 2.13. The van der Waals surface area contributed by atoms with Gasteiger partial charge in [-0.3, -0.25) is 4.79 Å². The van der Waals surface area contributed by atoms with Crippen molar-refractivity contribution in [3.05, 3.63) is 0 Å². The summed E-state index contributed by atoms with van der Waals surface area (Å²) in [6, 6.07) is -0.273. The molecule has 16 heavy (non-hydrogen) atoms. The topological polar surface area (TPSA) is 73.6 Å². The van der Waals surface area contributed by atoms with Crippen LogP contribution in [0.4, 0.5) is 0 Å². The smallest absolute Gasteiger partial charge is 0.234 e. The predicted octanol–water partition coefficient (Wildman–Crippen LogP) is 0.0355. The number of amides is 1. The van der Waals surface area contributed by atoms with E-state index in [1.54, 1.807) is 0 Å². The van der Waals surface area contributed by atoms with Crippen LogP contribution < -0.4 is 11.1 Å². The van der Waals surface area contributed by atoms with Gasteiger partial charge in [-0.1, -0.05) is 6.92 Å². The molecule has 0 aromatic carbocycles. The van der Waals surface area contributed by atoms with Crippen LogP contribution in [0.3, 0.4) is 0 Å². The molecule has 0 aromatic heterocycles. The summed E-state index contributed by atoms with van der Waals surface area (Å²) in [4.78, 5) is 11.1. The quantitative estimate of drug-likeness (QED) is 0.647. The van der Waals surface area contributed by atoms with Crippen molar-refractivity contribution < 1.29 is 14.3 Å². The van der Waals surface area contributed by atoms with Gasteiger partial charge in [0.05, 0.1) is 12.1 Å². The average Bonchev–Trinajstić information content (AvgIpc) is 2.29. The van der Waals surface area contributed by atoms with E-state index in [1.807, 2.05) is 6.92 Å². The number of hydrogen-bond acceptors (Lipinski definition) is 4. The van der Waals surface area contributed by atoms with Gasteiger partial charge < -0.3 is 20.5 Å². The fourth-order valence-electron chi connectivity index (χ4n) is 1.79. The largest absolute Gasteiger partial charge is 0.381 e. The molecule has 1 fully saturated rings. The van der Waals surface area contributed by atoms with Crippen molar-refractivity contribution in [3.63, 3.8) is 0 Å². The first kappa shape index (κ1) is 13.4. The third-order valence-electron chi connectivity index (χ3n) is 2.72. The van der Waals surface area contributed by atoms with Crippen molar-refractivity contribution in [1.29, 1.82) is 0 Å². The average molecular weight is 230 g/mol. The molecule has 5 heteroatoms. The second-order valence-corrected chi connectivity index (χ2v) is 3.98. The minimum absolute atomic E-state index is 0.273. The molecule has 1 saturated heterocycles. The Hall–Kier alpha value is -0.650. The Morgan fingerprint density at radius 2 is 2.25 bits per heavy atom. The standard InChI is InChI=1S/C11H22N2O3/c1-2-13-10(11(12)14)5-8-16-9-3-6-15-7-4-9/h9-10,13H,2-8H2,1H3,(H2,12,14). The molecular formula is C11H22N2O3. The van der Waals surface area contributed by atoms with E-state index in [2.05, 4.69) is 5.32 Å². The molecular weight excluding hydrogens is 208 g/mol. The maximum atomic E-state index is 11.1. The number of rotatable bonds is 7. The Morgan fingerprint density at radius 1 is 1.56 bits per heavy atom. The van der Waals surface area contributed by atoms with Crippen LogP contribution in [0.1, 0.15) is 26.2 Å². The van der Waals surface area contributed by atoms with E-state index in [-0.39, 0.29) is 18.1 Å². The molecule has 5 nitrogen and oxygen atoms in total. The van der Waals surface area contributed by atoms with Gasteiger partial charge in [0.1, 0.15) is 0 Å². The van der Waals surface area contributed by atoms with Gasteiger partial charge in [0.2, 0.25) is 5.91 Å². The SMILES string of the molecule is CCNC(CCOC1CCOCC1)C(N)=O. The van der Waals surface area contributed by atoms with Crippen LogP contribution in [0.5, 0.6) is 0 Å². The maximum Gasteiger partial charge on any atom is 0.234 e. The van der Waals surface area contributed by atoms with Gasteiger partial charge in [0.25, 0.3) is 0 Å². The van der Waals surface area contributed by atoms with E-state index < -0.39 is 0 Å². The van der Waals surface area contributed by atoms with Gasteiger partial charge in [-0.25, -0.2) is 0 Å². The molecule has 0 saturated carbocycles. The number of ether oxygens (including phenoxy) is 2.